The van der Waals surface area contributed by atoms with E-state index in [1.54, 1.807) is 11.3 Å². The second-order valence-corrected chi connectivity index (χ2v) is 5.59. The average molecular weight is 218 g/mol. The van der Waals surface area contributed by atoms with Crippen molar-refractivity contribution in [1.29, 1.82) is 0 Å². The van der Waals surface area contributed by atoms with E-state index < -0.39 is 10.2 Å². The highest BCUT2D eigenvalue weighted by Gasteiger charge is 2.31. The van der Waals surface area contributed by atoms with Crippen LogP contribution < -0.4 is 4.72 Å². The molecule has 2 heterocycles. The number of hydrogen-bond acceptors (Lipinski definition) is 3. The standard InChI is InChI=1S/C7H10N2O2S2/c10-13(11,9-3-4-9)8-6-7-2-1-5-12-7/h1-2,5,8H,3-4,6H2. The van der Waals surface area contributed by atoms with Crippen LogP contribution in [0.4, 0.5) is 0 Å². The molecule has 1 saturated heterocycles. The van der Waals surface area contributed by atoms with Crippen molar-refractivity contribution in [2.45, 2.75) is 6.54 Å². The minimum atomic E-state index is -3.17. The van der Waals surface area contributed by atoms with Crippen LogP contribution in [0.15, 0.2) is 17.5 Å². The second kappa shape index (κ2) is 3.38. The summed E-state index contributed by atoms with van der Waals surface area (Å²) in [4.78, 5) is 1.03. The number of nitrogens with one attached hydrogen (secondary N) is 1. The maximum absolute atomic E-state index is 11.3. The Hall–Kier alpha value is -0.430. The molecule has 72 valence electrons. The molecule has 0 spiro atoms. The van der Waals surface area contributed by atoms with E-state index in [1.807, 2.05) is 17.5 Å². The highest BCUT2D eigenvalue weighted by atomic mass is 32.2. The van der Waals surface area contributed by atoms with Crippen LogP contribution in [0.25, 0.3) is 0 Å². The molecule has 0 radical (unpaired) electrons. The molecule has 0 aliphatic carbocycles. The molecular formula is C7H10N2O2S2. The fourth-order valence-electron chi connectivity index (χ4n) is 0.948. The fourth-order valence-corrected chi connectivity index (χ4v) is 2.77. The number of thiophene rings is 1. The third-order valence-electron chi connectivity index (χ3n) is 1.76. The van der Waals surface area contributed by atoms with E-state index >= 15 is 0 Å². The zero-order valence-electron chi connectivity index (χ0n) is 6.93. The Balaban J connectivity index is 1.92. The van der Waals surface area contributed by atoms with Crippen LogP contribution >= 0.6 is 11.3 Å². The molecule has 0 atom stereocenters. The van der Waals surface area contributed by atoms with Gasteiger partial charge >= 0.3 is 0 Å². The third-order valence-corrected chi connectivity index (χ3v) is 4.19. The molecule has 0 saturated carbocycles. The lowest BCUT2D eigenvalue weighted by Gasteiger charge is -2.03. The van der Waals surface area contributed by atoms with Gasteiger partial charge < -0.3 is 0 Å². The van der Waals surface area contributed by atoms with E-state index in [-0.39, 0.29) is 0 Å². The fraction of sp³-hybridized carbons (Fsp3) is 0.429. The normalized spacial score (nSPS) is 17.5. The molecule has 0 unspecified atom stereocenters. The molecule has 1 aromatic heterocycles. The molecule has 1 aliphatic heterocycles. The summed E-state index contributed by atoms with van der Waals surface area (Å²) in [5.41, 5.74) is 0. The monoisotopic (exact) mass is 218 g/mol. The summed E-state index contributed by atoms with van der Waals surface area (Å²) in [5.74, 6) is 0. The van der Waals surface area contributed by atoms with Crippen molar-refractivity contribution in [2.75, 3.05) is 13.1 Å². The van der Waals surface area contributed by atoms with Crippen molar-refractivity contribution in [2.24, 2.45) is 0 Å². The van der Waals surface area contributed by atoms with Gasteiger partial charge in [0.2, 0.25) is 0 Å². The lowest BCUT2D eigenvalue weighted by atomic mass is 10.5. The van der Waals surface area contributed by atoms with Crippen LogP contribution in [-0.2, 0) is 16.8 Å². The quantitative estimate of drug-likeness (QED) is 0.744. The first kappa shape index (κ1) is 9.14. The van der Waals surface area contributed by atoms with E-state index in [1.165, 1.54) is 4.31 Å². The number of nitrogens with zero attached hydrogens (tertiary/aromatic N) is 1. The lowest BCUT2D eigenvalue weighted by Crippen LogP contribution is -2.28. The first-order valence-electron chi connectivity index (χ1n) is 3.95. The minimum Gasteiger partial charge on any atom is -0.197 e. The maximum Gasteiger partial charge on any atom is 0.279 e. The molecule has 6 heteroatoms. The molecule has 2 rings (SSSR count). The van der Waals surface area contributed by atoms with Gasteiger partial charge in [-0.2, -0.15) is 17.4 Å². The highest BCUT2D eigenvalue weighted by molar-refractivity contribution is 7.87. The van der Waals surface area contributed by atoms with Crippen molar-refractivity contribution >= 4 is 21.5 Å². The highest BCUT2D eigenvalue weighted by Crippen LogP contribution is 2.12. The first-order valence-corrected chi connectivity index (χ1v) is 6.27. The molecule has 0 aromatic carbocycles. The van der Waals surface area contributed by atoms with E-state index in [9.17, 15) is 8.42 Å². The summed E-state index contributed by atoms with van der Waals surface area (Å²) >= 11 is 1.55. The van der Waals surface area contributed by atoms with Gasteiger partial charge in [0.25, 0.3) is 10.2 Å². The maximum atomic E-state index is 11.3. The Morgan fingerprint density at radius 2 is 2.31 bits per heavy atom. The zero-order chi connectivity index (χ0) is 9.31. The predicted molar refractivity (Wildman–Crippen MR) is 51.7 cm³/mol. The molecule has 1 aliphatic rings. The Bertz CT molecular complexity index is 367. The van der Waals surface area contributed by atoms with Gasteiger partial charge in [-0.25, -0.2) is 0 Å². The van der Waals surface area contributed by atoms with Gasteiger partial charge in [0, 0.05) is 24.5 Å². The summed E-state index contributed by atoms with van der Waals surface area (Å²) in [6.07, 6.45) is 0. The van der Waals surface area contributed by atoms with Crippen molar-refractivity contribution in [1.82, 2.24) is 9.03 Å². The molecule has 4 nitrogen and oxygen atoms in total. The molecule has 1 N–H and O–H groups in total. The summed E-state index contributed by atoms with van der Waals surface area (Å²) in [5, 5.41) is 1.93. The van der Waals surface area contributed by atoms with Crippen molar-refractivity contribution in [3.63, 3.8) is 0 Å². The second-order valence-electron chi connectivity index (χ2n) is 2.80. The minimum absolute atomic E-state index is 0.399. The molecule has 13 heavy (non-hydrogen) atoms. The van der Waals surface area contributed by atoms with E-state index in [0.717, 1.165) is 4.88 Å². The van der Waals surface area contributed by atoms with E-state index in [0.29, 0.717) is 19.6 Å². The van der Waals surface area contributed by atoms with Gasteiger partial charge in [0.1, 0.15) is 0 Å². The largest absolute Gasteiger partial charge is 0.279 e. The summed E-state index contributed by atoms with van der Waals surface area (Å²) in [7, 11) is -3.17. The Kier molecular flexibility index (Phi) is 2.37. The van der Waals surface area contributed by atoms with Crippen molar-refractivity contribution in [3.8, 4) is 0 Å². The summed E-state index contributed by atoms with van der Waals surface area (Å²) in [6, 6.07) is 3.82. The predicted octanol–water partition coefficient (Wildman–Crippen LogP) is 0.398. The first-order chi connectivity index (χ1) is 6.18. The van der Waals surface area contributed by atoms with Crippen LogP contribution in [0.1, 0.15) is 4.88 Å². The Labute approximate surface area is 81.4 Å². The van der Waals surface area contributed by atoms with Gasteiger partial charge in [-0.3, -0.25) is 0 Å². The zero-order valence-corrected chi connectivity index (χ0v) is 8.57. The van der Waals surface area contributed by atoms with Gasteiger partial charge in [-0.15, -0.1) is 11.3 Å². The van der Waals surface area contributed by atoms with Crippen LogP contribution in [0, 0.1) is 0 Å². The molecule has 1 aromatic rings. The average Bonchev–Trinajstić information content (AvgIpc) is 2.82. The molecular weight excluding hydrogens is 208 g/mol. The molecule has 0 amide bonds. The SMILES string of the molecule is O=S(=O)(NCc1cccs1)N1CC1. The number of rotatable bonds is 4. The van der Waals surface area contributed by atoms with E-state index in [2.05, 4.69) is 4.72 Å². The molecule has 0 bridgehead atoms. The van der Waals surface area contributed by atoms with Crippen LogP contribution in [0.2, 0.25) is 0 Å². The van der Waals surface area contributed by atoms with Gasteiger partial charge in [-0.1, -0.05) is 6.07 Å². The summed E-state index contributed by atoms with van der Waals surface area (Å²) in [6.45, 7) is 1.70. The van der Waals surface area contributed by atoms with Gasteiger partial charge in [-0.05, 0) is 11.4 Å². The van der Waals surface area contributed by atoms with Crippen LogP contribution in [0.5, 0.6) is 0 Å². The third kappa shape index (κ3) is 2.28. The Morgan fingerprint density at radius 1 is 1.54 bits per heavy atom. The van der Waals surface area contributed by atoms with Crippen molar-refractivity contribution < 1.29 is 8.42 Å². The van der Waals surface area contributed by atoms with Crippen LogP contribution in [0.3, 0.4) is 0 Å². The number of hydrogen-bond donors (Lipinski definition) is 1. The lowest BCUT2D eigenvalue weighted by molar-refractivity contribution is 0.547. The van der Waals surface area contributed by atoms with Gasteiger partial charge in [0.15, 0.2) is 0 Å². The molecule has 1 fully saturated rings. The van der Waals surface area contributed by atoms with Crippen LogP contribution in [-0.4, -0.2) is 25.8 Å². The van der Waals surface area contributed by atoms with Gasteiger partial charge in [0.05, 0.1) is 0 Å². The van der Waals surface area contributed by atoms with E-state index in [4.69, 9.17) is 0 Å². The van der Waals surface area contributed by atoms with Crippen molar-refractivity contribution in [3.05, 3.63) is 22.4 Å². The Morgan fingerprint density at radius 3 is 2.85 bits per heavy atom. The summed E-state index contributed by atoms with van der Waals surface area (Å²) < 4.78 is 26.6. The topological polar surface area (TPSA) is 49.2 Å². The smallest absolute Gasteiger partial charge is 0.197 e.